The quantitative estimate of drug-likeness (QED) is 0.566. The van der Waals surface area contributed by atoms with Gasteiger partial charge in [-0.25, -0.2) is 0 Å². The zero-order valence-corrected chi connectivity index (χ0v) is 12.4. The summed E-state index contributed by atoms with van der Waals surface area (Å²) in [5.74, 6) is 0.101. The number of hydroxylamine groups is 2. The minimum absolute atomic E-state index is 0.0114. The number of carbonyl (C=O) groups is 1. The van der Waals surface area contributed by atoms with E-state index < -0.39 is 0 Å². The SMILES string of the molecule is CC[C@H](Cc1ccc(Cl)cc1)C(=O)/C=C/N(C)OC. The molecule has 1 rings (SSSR count). The molecule has 0 aliphatic carbocycles. The van der Waals surface area contributed by atoms with E-state index in [1.165, 1.54) is 5.06 Å². The first-order chi connectivity index (χ1) is 9.06. The van der Waals surface area contributed by atoms with Crippen LogP contribution in [0.5, 0.6) is 0 Å². The summed E-state index contributed by atoms with van der Waals surface area (Å²) >= 11 is 5.85. The molecule has 1 aromatic carbocycles. The molecule has 0 radical (unpaired) electrons. The summed E-state index contributed by atoms with van der Waals surface area (Å²) in [5.41, 5.74) is 1.12. The smallest absolute Gasteiger partial charge is 0.160 e. The third-order valence-electron chi connectivity index (χ3n) is 3.03. The maximum Gasteiger partial charge on any atom is 0.160 e. The van der Waals surface area contributed by atoms with Crippen molar-refractivity contribution in [1.29, 1.82) is 0 Å². The maximum absolute atomic E-state index is 12.1. The van der Waals surface area contributed by atoms with Crippen molar-refractivity contribution in [2.45, 2.75) is 19.8 Å². The number of benzene rings is 1. The Kier molecular flexibility index (Phi) is 6.60. The fourth-order valence-corrected chi connectivity index (χ4v) is 1.85. The fourth-order valence-electron chi connectivity index (χ4n) is 1.73. The van der Waals surface area contributed by atoms with Crippen LogP contribution in [0.3, 0.4) is 0 Å². The van der Waals surface area contributed by atoms with E-state index in [0.717, 1.165) is 18.4 Å². The summed E-state index contributed by atoms with van der Waals surface area (Å²) in [4.78, 5) is 17.0. The van der Waals surface area contributed by atoms with Crippen LogP contribution in [-0.2, 0) is 16.1 Å². The van der Waals surface area contributed by atoms with Gasteiger partial charge in [0.05, 0.1) is 7.11 Å². The number of ketones is 1. The lowest BCUT2D eigenvalue weighted by atomic mass is 9.93. The summed E-state index contributed by atoms with van der Waals surface area (Å²) < 4.78 is 0. The van der Waals surface area contributed by atoms with Crippen molar-refractivity contribution < 1.29 is 9.63 Å². The van der Waals surface area contributed by atoms with Gasteiger partial charge in [-0.3, -0.25) is 14.7 Å². The van der Waals surface area contributed by atoms with Crippen LogP contribution in [0, 0.1) is 5.92 Å². The molecule has 4 heteroatoms. The lowest BCUT2D eigenvalue weighted by Crippen LogP contribution is -2.16. The second-order valence-electron chi connectivity index (χ2n) is 4.38. The third-order valence-corrected chi connectivity index (χ3v) is 3.28. The highest BCUT2D eigenvalue weighted by atomic mass is 35.5. The van der Waals surface area contributed by atoms with Gasteiger partial charge in [0.25, 0.3) is 0 Å². The van der Waals surface area contributed by atoms with Gasteiger partial charge >= 0.3 is 0 Å². The third kappa shape index (κ3) is 5.45. The van der Waals surface area contributed by atoms with Gasteiger partial charge in [0, 0.05) is 24.2 Å². The number of nitrogens with zero attached hydrogens (tertiary/aromatic N) is 1. The summed E-state index contributed by atoms with van der Waals surface area (Å²) in [6, 6.07) is 7.62. The predicted octanol–water partition coefficient (Wildman–Crippen LogP) is 3.48. The molecular formula is C15H20ClNO2. The van der Waals surface area contributed by atoms with Gasteiger partial charge in [-0.05, 0) is 36.6 Å². The molecule has 0 N–H and O–H groups in total. The van der Waals surface area contributed by atoms with Crippen LogP contribution in [0.15, 0.2) is 36.5 Å². The van der Waals surface area contributed by atoms with Crippen molar-refractivity contribution >= 4 is 17.4 Å². The first-order valence-electron chi connectivity index (χ1n) is 6.30. The molecule has 0 spiro atoms. The van der Waals surface area contributed by atoms with E-state index in [4.69, 9.17) is 16.4 Å². The van der Waals surface area contributed by atoms with Crippen molar-refractivity contribution in [3.8, 4) is 0 Å². The second kappa shape index (κ2) is 7.97. The zero-order valence-electron chi connectivity index (χ0n) is 11.6. The van der Waals surface area contributed by atoms with Crippen LogP contribution in [0.2, 0.25) is 5.02 Å². The molecule has 0 amide bonds. The summed E-state index contributed by atoms with van der Waals surface area (Å²) in [7, 11) is 3.30. The van der Waals surface area contributed by atoms with Crippen LogP contribution >= 0.6 is 11.6 Å². The number of rotatable bonds is 7. The van der Waals surface area contributed by atoms with Gasteiger partial charge in [-0.2, -0.15) is 0 Å². The van der Waals surface area contributed by atoms with E-state index >= 15 is 0 Å². The van der Waals surface area contributed by atoms with E-state index in [9.17, 15) is 4.79 Å². The average Bonchev–Trinajstić information content (AvgIpc) is 2.43. The molecule has 0 saturated carbocycles. The number of halogens is 1. The first-order valence-corrected chi connectivity index (χ1v) is 6.68. The van der Waals surface area contributed by atoms with Crippen molar-refractivity contribution in [2.24, 2.45) is 5.92 Å². The van der Waals surface area contributed by atoms with E-state index in [2.05, 4.69) is 0 Å². The maximum atomic E-state index is 12.1. The van der Waals surface area contributed by atoms with Gasteiger partial charge in [0.1, 0.15) is 0 Å². The molecule has 0 aliphatic rings. The first kappa shape index (κ1) is 15.7. The van der Waals surface area contributed by atoms with Gasteiger partial charge < -0.3 is 0 Å². The molecule has 1 atom stereocenters. The van der Waals surface area contributed by atoms with E-state index in [1.54, 1.807) is 26.4 Å². The van der Waals surface area contributed by atoms with Crippen molar-refractivity contribution in [2.75, 3.05) is 14.2 Å². The number of allylic oxidation sites excluding steroid dienone is 1. The van der Waals surface area contributed by atoms with Crippen molar-refractivity contribution in [3.63, 3.8) is 0 Å². The van der Waals surface area contributed by atoms with Gasteiger partial charge in [-0.1, -0.05) is 30.7 Å². The Labute approximate surface area is 119 Å². The molecule has 1 aromatic rings. The van der Waals surface area contributed by atoms with Gasteiger partial charge in [0.2, 0.25) is 0 Å². The Bertz CT molecular complexity index is 428. The minimum atomic E-state index is -0.0114. The number of hydrogen-bond acceptors (Lipinski definition) is 3. The van der Waals surface area contributed by atoms with Crippen molar-refractivity contribution in [3.05, 3.63) is 47.1 Å². The topological polar surface area (TPSA) is 29.5 Å². The number of carbonyl (C=O) groups excluding carboxylic acids is 1. The number of hydrogen-bond donors (Lipinski definition) is 0. The van der Waals surface area contributed by atoms with Crippen LogP contribution in [0.4, 0.5) is 0 Å². The molecule has 0 unspecified atom stereocenters. The summed E-state index contributed by atoms with van der Waals surface area (Å²) in [6.07, 6.45) is 4.73. The Morgan fingerprint density at radius 2 is 2.05 bits per heavy atom. The van der Waals surface area contributed by atoms with Gasteiger partial charge in [-0.15, -0.1) is 0 Å². The largest absolute Gasteiger partial charge is 0.294 e. The van der Waals surface area contributed by atoms with Crippen LogP contribution in [0.1, 0.15) is 18.9 Å². The summed E-state index contributed by atoms with van der Waals surface area (Å²) in [6.45, 7) is 2.02. The average molecular weight is 282 g/mol. The zero-order chi connectivity index (χ0) is 14.3. The van der Waals surface area contributed by atoms with Crippen LogP contribution < -0.4 is 0 Å². The Hall–Kier alpha value is -1.32. The van der Waals surface area contributed by atoms with E-state index in [1.807, 2.05) is 31.2 Å². The molecular weight excluding hydrogens is 262 g/mol. The monoisotopic (exact) mass is 281 g/mol. The highest BCUT2D eigenvalue weighted by Crippen LogP contribution is 2.16. The van der Waals surface area contributed by atoms with Gasteiger partial charge in [0.15, 0.2) is 5.78 Å². The van der Waals surface area contributed by atoms with Crippen LogP contribution in [0.25, 0.3) is 0 Å². The molecule has 3 nitrogen and oxygen atoms in total. The second-order valence-corrected chi connectivity index (χ2v) is 4.82. The fraction of sp³-hybridized carbons (Fsp3) is 0.400. The van der Waals surface area contributed by atoms with E-state index in [-0.39, 0.29) is 11.7 Å². The molecule has 0 fully saturated rings. The molecule has 104 valence electrons. The molecule has 0 aliphatic heterocycles. The Balaban J connectivity index is 2.64. The molecule has 19 heavy (non-hydrogen) atoms. The standard InChI is InChI=1S/C15H20ClNO2/c1-4-13(15(18)9-10-17(2)19-3)11-12-5-7-14(16)8-6-12/h5-10,13H,4,11H2,1-3H3/b10-9+/t13-/m1/s1. The highest BCUT2D eigenvalue weighted by Gasteiger charge is 2.14. The van der Waals surface area contributed by atoms with Crippen LogP contribution in [-0.4, -0.2) is 25.0 Å². The molecule has 0 saturated heterocycles. The lowest BCUT2D eigenvalue weighted by molar-refractivity contribution is -0.118. The highest BCUT2D eigenvalue weighted by molar-refractivity contribution is 6.30. The Morgan fingerprint density at radius 1 is 1.42 bits per heavy atom. The molecule has 0 heterocycles. The summed E-state index contributed by atoms with van der Waals surface area (Å²) in [5, 5.41) is 2.21. The van der Waals surface area contributed by atoms with E-state index in [0.29, 0.717) is 5.02 Å². The molecule has 0 aromatic heterocycles. The normalized spacial score (nSPS) is 12.6. The lowest BCUT2D eigenvalue weighted by Gasteiger charge is -2.13. The minimum Gasteiger partial charge on any atom is -0.294 e. The van der Waals surface area contributed by atoms with Crippen molar-refractivity contribution in [1.82, 2.24) is 5.06 Å². The molecule has 0 bridgehead atoms. The Morgan fingerprint density at radius 3 is 2.58 bits per heavy atom. The predicted molar refractivity (Wildman–Crippen MR) is 77.9 cm³/mol.